The lowest BCUT2D eigenvalue weighted by molar-refractivity contribution is -0.115. The molecule has 25 heavy (non-hydrogen) atoms. The van der Waals surface area contributed by atoms with Crippen LogP contribution in [-0.4, -0.2) is 28.5 Å². The molecule has 0 unspecified atom stereocenters. The molecule has 3 rings (SSSR count). The molecule has 0 atom stereocenters. The minimum Gasteiger partial charge on any atom is -0.360 e. The summed E-state index contributed by atoms with van der Waals surface area (Å²) in [6, 6.07) is 8.73. The lowest BCUT2D eigenvalue weighted by atomic mass is 10.1. The molecule has 128 valence electrons. The summed E-state index contributed by atoms with van der Waals surface area (Å²) in [6.45, 7) is 3.48. The molecule has 0 fully saturated rings. The summed E-state index contributed by atoms with van der Waals surface area (Å²) in [5, 5.41) is 11.6. The van der Waals surface area contributed by atoms with Gasteiger partial charge in [0.25, 0.3) is 5.91 Å². The molecule has 2 aromatic heterocycles. The van der Waals surface area contributed by atoms with Gasteiger partial charge in [-0.3, -0.25) is 9.59 Å². The SMILES string of the molecule is Cc1csc(-c2cccc(C(=O)NCC(=O)Nc3cc(C)on3)c2)n1. The molecule has 0 aliphatic carbocycles. The van der Waals surface area contributed by atoms with Gasteiger partial charge in [-0.25, -0.2) is 4.98 Å². The van der Waals surface area contributed by atoms with Gasteiger partial charge in [-0.05, 0) is 26.0 Å². The maximum Gasteiger partial charge on any atom is 0.251 e. The van der Waals surface area contributed by atoms with Crippen molar-refractivity contribution in [2.24, 2.45) is 0 Å². The van der Waals surface area contributed by atoms with Crippen molar-refractivity contribution in [1.82, 2.24) is 15.5 Å². The van der Waals surface area contributed by atoms with E-state index in [9.17, 15) is 9.59 Å². The Morgan fingerprint density at radius 2 is 2.08 bits per heavy atom. The minimum absolute atomic E-state index is 0.161. The van der Waals surface area contributed by atoms with E-state index in [-0.39, 0.29) is 18.4 Å². The molecule has 3 aromatic rings. The van der Waals surface area contributed by atoms with E-state index in [2.05, 4.69) is 20.8 Å². The highest BCUT2D eigenvalue weighted by atomic mass is 32.1. The Bertz CT molecular complexity index is 916. The monoisotopic (exact) mass is 356 g/mol. The van der Waals surface area contributed by atoms with Crippen molar-refractivity contribution in [3.05, 3.63) is 52.7 Å². The van der Waals surface area contributed by atoms with Crippen LogP contribution in [0.5, 0.6) is 0 Å². The molecule has 0 saturated heterocycles. The number of carbonyl (C=O) groups excluding carboxylic acids is 2. The molecule has 2 heterocycles. The number of amides is 2. The van der Waals surface area contributed by atoms with Gasteiger partial charge in [0.2, 0.25) is 5.91 Å². The van der Waals surface area contributed by atoms with Gasteiger partial charge < -0.3 is 15.2 Å². The number of benzene rings is 1. The van der Waals surface area contributed by atoms with Crippen molar-refractivity contribution < 1.29 is 14.1 Å². The molecular weight excluding hydrogens is 340 g/mol. The summed E-state index contributed by atoms with van der Waals surface area (Å²) in [6.07, 6.45) is 0. The topological polar surface area (TPSA) is 97.1 Å². The van der Waals surface area contributed by atoms with Crippen LogP contribution < -0.4 is 10.6 Å². The van der Waals surface area contributed by atoms with Crippen LogP contribution in [0.2, 0.25) is 0 Å². The summed E-state index contributed by atoms with van der Waals surface area (Å²) in [7, 11) is 0. The van der Waals surface area contributed by atoms with Gasteiger partial charge in [0.1, 0.15) is 10.8 Å². The largest absolute Gasteiger partial charge is 0.360 e. The normalized spacial score (nSPS) is 10.5. The fraction of sp³-hybridized carbons (Fsp3) is 0.176. The summed E-state index contributed by atoms with van der Waals surface area (Å²) < 4.78 is 4.86. The van der Waals surface area contributed by atoms with Crippen molar-refractivity contribution in [3.63, 3.8) is 0 Å². The number of carbonyl (C=O) groups is 2. The average Bonchev–Trinajstić information content (AvgIpc) is 3.21. The molecule has 0 aliphatic heterocycles. The first-order chi connectivity index (χ1) is 12.0. The molecule has 0 aliphatic rings. The van der Waals surface area contributed by atoms with Gasteiger partial charge in [0.05, 0.1) is 6.54 Å². The Labute approximate surface area is 148 Å². The van der Waals surface area contributed by atoms with Crippen LogP contribution >= 0.6 is 11.3 Å². The molecule has 0 saturated carbocycles. The number of thiazole rings is 1. The zero-order chi connectivity index (χ0) is 17.8. The van der Waals surface area contributed by atoms with Crippen LogP contribution in [0, 0.1) is 13.8 Å². The van der Waals surface area contributed by atoms with Crippen LogP contribution in [0.3, 0.4) is 0 Å². The van der Waals surface area contributed by atoms with Gasteiger partial charge in [-0.15, -0.1) is 11.3 Å². The summed E-state index contributed by atoms with van der Waals surface area (Å²) >= 11 is 1.52. The number of anilines is 1. The van der Waals surface area contributed by atoms with E-state index in [1.807, 2.05) is 18.4 Å². The third kappa shape index (κ3) is 4.30. The van der Waals surface area contributed by atoms with Crippen LogP contribution in [0.4, 0.5) is 5.82 Å². The average molecular weight is 356 g/mol. The zero-order valence-electron chi connectivity index (χ0n) is 13.7. The summed E-state index contributed by atoms with van der Waals surface area (Å²) in [5.74, 6) is 0.196. The van der Waals surface area contributed by atoms with Gasteiger partial charge in [0.15, 0.2) is 5.82 Å². The number of hydrogen-bond donors (Lipinski definition) is 2. The Morgan fingerprint density at radius 3 is 2.76 bits per heavy atom. The molecule has 0 bridgehead atoms. The first-order valence-corrected chi connectivity index (χ1v) is 8.43. The molecule has 0 spiro atoms. The lowest BCUT2D eigenvalue weighted by Crippen LogP contribution is -2.32. The van der Waals surface area contributed by atoms with Gasteiger partial charge in [-0.2, -0.15) is 0 Å². The van der Waals surface area contributed by atoms with Gasteiger partial charge >= 0.3 is 0 Å². The highest BCUT2D eigenvalue weighted by Gasteiger charge is 2.11. The Hall–Kier alpha value is -3.00. The molecule has 2 amide bonds. The van der Waals surface area contributed by atoms with E-state index >= 15 is 0 Å². The molecule has 7 nitrogen and oxygen atoms in total. The van der Waals surface area contributed by atoms with Crippen LogP contribution in [0.1, 0.15) is 21.8 Å². The molecular formula is C17H16N4O3S. The second-order valence-electron chi connectivity index (χ2n) is 5.43. The van der Waals surface area contributed by atoms with Gasteiger partial charge in [0, 0.05) is 28.3 Å². The Balaban J connectivity index is 1.60. The predicted octanol–water partition coefficient (Wildman–Crippen LogP) is 2.78. The van der Waals surface area contributed by atoms with Crippen molar-refractivity contribution >= 4 is 29.0 Å². The smallest absolute Gasteiger partial charge is 0.251 e. The maximum atomic E-state index is 12.3. The highest BCUT2D eigenvalue weighted by molar-refractivity contribution is 7.13. The van der Waals surface area contributed by atoms with Crippen molar-refractivity contribution in [3.8, 4) is 10.6 Å². The van der Waals surface area contributed by atoms with Crippen molar-refractivity contribution in [2.45, 2.75) is 13.8 Å². The standard InChI is InChI=1S/C17H16N4O3S/c1-10-9-25-17(19-10)13-5-3-4-12(7-13)16(23)18-8-15(22)20-14-6-11(2)24-21-14/h3-7,9H,8H2,1-2H3,(H,18,23)(H,20,21,22). The van der Waals surface area contributed by atoms with E-state index in [1.54, 1.807) is 31.2 Å². The van der Waals surface area contributed by atoms with E-state index in [1.165, 1.54) is 11.3 Å². The predicted molar refractivity (Wildman–Crippen MR) is 94.5 cm³/mol. The Morgan fingerprint density at radius 1 is 1.24 bits per heavy atom. The first-order valence-electron chi connectivity index (χ1n) is 7.55. The van der Waals surface area contributed by atoms with Crippen LogP contribution in [0.25, 0.3) is 10.6 Å². The van der Waals surface area contributed by atoms with Crippen LogP contribution in [0.15, 0.2) is 40.2 Å². The fourth-order valence-electron chi connectivity index (χ4n) is 2.15. The molecule has 1 aromatic carbocycles. The first kappa shape index (κ1) is 16.8. The maximum absolute atomic E-state index is 12.3. The minimum atomic E-state index is -0.381. The summed E-state index contributed by atoms with van der Waals surface area (Å²) in [4.78, 5) is 28.5. The second kappa shape index (κ2) is 7.27. The fourth-order valence-corrected chi connectivity index (χ4v) is 2.95. The number of nitrogens with one attached hydrogen (secondary N) is 2. The van der Waals surface area contributed by atoms with Crippen LogP contribution in [-0.2, 0) is 4.79 Å². The third-order valence-electron chi connectivity index (χ3n) is 3.30. The number of hydrogen-bond acceptors (Lipinski definition) is 6. The van der Waals surface area contributed by atoms with E-state index in [0.29, 0.717) is 17.1 Å². The molecule has 2 N–H and O–H groups in total. The van der Waals surface area contributed by atoms with E-state index in [4.69, 9.17) is 4.52 Å². The number of nitrogens with zero attached hydrogens (tertiary/aromatic N) is 2. The highest BCUT2D eigenvalue weighted by Crippen LogP contribution is 2.24. The Kier molecular flexibility index (Phi) is 4.90. The van der Waals surface area contributed by atoms with E-state index in [0.717, 1.165) is 16.3 Å². The molecule has 8 heteroatoms. The summed E-state index contributed by atoms with van der Waals surface area (Å²) in [5.41, 5.74) is 2.28. The van der Waals surface area contributed by atoms with Crippen molar-refractivity contribution in [2.75, 3.05) is 11.9 Å². The van der Waals surface area contributed by atoms with Gasteiger partial charge in [-0.1, -0.05) is 17.3 Å². The number of aromatic nitrogens is 2. The number of aryl methyl sites for hydroxylation is 2. The quantitative estimate of drug-likeness (QED) is 0.733. The second-order valence-corrected chi connectivity index (χ2v) is 6.29. The lowest BCUT2D eigenvalue weighted by Gasteiger charge is -2.06. The van der Waals surface area contributed by atoms with Crippen molar-refractivity contribution in [1.29, 1.82) is 0 Å². The zero-order valence-corrected chi connectivity index (χ0v) is 14.5. The van der Waals surface area contributed by atoms with E-state index < -0.39 is 0 Å². The third-order valence-corrected chi connectivity index (χ3v) is 4.30. The number of rotatable bonds is 5. The molecule has 0 radical (unpaired) electrons.